The van der Waals surface area contributed by atoms with Crippen LogP contribution in [0.1, 0.15) is 105 Å². The summed E-state index contributed by atoms with van der Waals surface area (Å²) < 4.78 is 7.47. The Balaban J connectivity index is 1.78. The first kappa shape index (κ1) is 32.3. The van der Waals surface area contributed by atoms with Crippen LogP contribution in [0.2, 0.25) is 0 Å². The van der Waals surface area contributed by atoms with E-state index in [0.717, 1.165) is 26.2 Å². The van der Waals surface area contributed by atoms with Gasteiger partial charge in [0.15, 0.2) is 0 Å². The Morgan fingerprint density at radius 3 is 1.22 bits per heavy atom. The third-order valence-electron chi connectivity index (χ3n) is 9.32. The Morgan fingerprint density at radius 1 is 0.585 bits per heavy atom. The molecule has 2 aliphatic rings. The maximum atomic E-state index is 7.47. The van der Waals surface area contributed by atoms with Gasteiger partial charge in [0.25, 0.3) is 0 Å². The van der Waals surface area contributed by atoms with E-state index in [1.54, 1.807) is 0 Å². The van der Waals surface area contributed by atoms with Crippen molar-refractivity contribution in [2.24, 2.45) is 0 Å². The normalized spacial score (nSPS) is 16.4. The zero-order valence-electron chi connectivity index (χ0n) is 28.1. The summed E-state index contributed by atoms with van der Waals surface area (Å²) in [6, 6.07) is 16.5. The lowest BCUT2D eigenvalue weighted by Gasteiger charge is -2.35. The van der Waals surface area contributed by atoms with Crippen LogP contribution < -0.4 is 10.9 Å². The summed E-state index contributed by atoms with van der Waals surface area (Å²) in [5.41, 5.74) is 8.45. The minimum Gasteiger partial charge on any atom is -0.464 e. The molecule has 2 aromatic rings. The van der Waals surface area contributed by atoms with Crippen LogP contribution >= 0.6 is 0 Å². The van der Waals surface area contributed by atoms with Crippen LogP contribution in [0.5, 0.6) is 0 Å². The van der Waals surface area contributed by atoms with Gasteiger partial charge < -0.3 is 14.2 Å². The number of hydrogen-bond donors (Lipinski definition) is 0. The highest BCUT2D eigenvalue weighted by molar-refractivity contribution is 6.79. The Kier molecular flexibility index (Phi) is 10.5. The Hall–Kier alpha value is -1.63. The zero-order chi connectivity index (χ0) is 30.2. The van der Waals surface area contributed by atoms with Gasteiger partial charge in [0, 0.05) is 50.3 Å². The molecular formula is C34H56B2N4O. The maximum absolute atomic E-state index is 7.47. The van der Waals surface area contributed by atoms with Crippen molar-refractivity contribution in [1.82, 2.24) is 19.4 Å². The van der Waals surface area contributed by atoms with Crippen LogP contribution in [0.4, 0.5) is 0 Å². The van der Waals surface area contributed by atoms with Crippen LogP contribution in [-0.4, -0.2) is 69.8 Å². The molecule has 0 aromatic heterocycles. The van der Waals surface area contributed by atoms with E-state index in [9.17, 15) is 0 Å². The van der Waals surface area contributed by atoms with Crippen molar-refractivity contribution in [1.29, 1.82) is 0 Å². The fourth-order valence-electron chi connectivity index (χ4n) is 7.05. The second-order valence-electron chi connectivity index (χ2n) is 14.1. The summed E-state index contributed by atoms with van der Waals surface area (Å²) in [4.78, 5) is 10.3. The summed E-state index contributed by atoms with van der Waals surface area (Å²) in [6.07, 6.45) is 0. The molecule has 0 saturated carbocycles. The lowest BCUT2D eigenvalue weighted by Crippen LogP contribution is -2.58. The van der Waals surface area contributed by atoms with Gasteiger partial charge in [-0.2, -0.15) is 0 Å². The second-order valence-corrected chi connectivity index (χ2v) is 14.1. The maximum Gasteiger partial charge on any atom is 0.405 e. The average molecular weight is 558 g/mol. The van der Waals surface area contributed by atoms with Gasteiger partial charge in [-0.05, 0) is 101 Å². The van der Waals surface area contributed by atoms with Gasteiger partial charge >= 0.3 is 14.1 Å². The number of benzene rings is 2. The monoisotopic (exact) mass is 558 g/mol. The first-order valence-electron chi connectivity index (χ1n) is 16.2. The van der Waals surface area contributed by atoms with Crippen molar-refractivity contribution >= 4 is 25.0 Å². The number of fused-ring (bicyclic) bond motifs is 2. The fraction of sp³-hybridized carbons (Fsp3) is 0.647. The molecule has 7 heteroatoms. The molecule has 0 N–H and O–H groups in total. The van der Waals surface area contributed by atoms with Crippen molar-refractivity contribution < 1.29 is 4.57 Å². The molecule has 2 aliphatic heterocycles. The molecule has 224 valence electrons. The standard InChI is InChI=1S/C34H56B2N4O/c1-23(2)37(24(3)4)19-29-15-13-17-31-21-39(27(9)10)35(33(29)31)41-36-34-30(20-38(25(5)6)26(7)8)16-14-18-32(34)22-40(36)28(11)12/h13-18,23-28H,19-22H2,1-12H3. The highest BCUT2D eigenvalue weighted by Gasteiger charge is 2.47. The minimum absolute atomic E-state index is 0.0704. The fourth-order valence-corrected chi connectivity index (χ4v) is 7.05. The van der Waals surface area contributed by atoms with Crippen molar-refractivity contribution in [3.8, 4) is 0 Å². The highest BCUT2D eigenvalue weighted by atomic mass is 16.4. The van der Waals surface area contributed by atoms with E-state index < -0.39 is 0 Å². The molecule has 41 heavy (non-hydrogen) atoms. The van der Waals surface area contributed by atoms with Gasteiger partial charge in [-0.1, -0.05) is 64.1 Å². The van der Waals surface area contributed by atoms with Crippen LogP contribution in [0, 0.1) is 0 Å². The molecule has 0 bridgehead atoms. The summed E-state index contributed by atoms with van der Waals surface area (Å²) in [5, 5.41) is 0. The smallest absolute Gasteiger partial charge is 0.405 e. The summed E-state index contributed by atoms with van der Waals surface area (Å²) >= 11 is 0. The molecule has 0 fully saturated rings. The van der Waals surface area contributed by atoms with Crippen molar-refractivity contribution in [3.05, 3.63) is 58.7 Å². The lowest BCUT2D eigenvalue weighted by molar-refractivity contribution is 0.166. The zero-order valence-corrected chi connectivity index (χ0v) is 28.1. The van der Waals surface area contributed by atoms with E-state index in [0.29, 0.717) is 36.3 Å². The SMILES string of the molecule is CC(C)N1Cc2cccc(CN(C(C)C)C(C)C)c2B1OB1c2c(cccc2CN(C(C)C)C(C)C)CN1C(C)C. The Morgan fingerprint density at radius 2 is 0.927 bits per heavy atom. The van der Waals surface area contributed by atoms with Gasteiger partial charge in [-0.25, -0.2) is 0 Å². The van der Waals surface area contributed by atoms with Gasteiger partial charge in [-0.3, -0.25) is 9.80 Å². The predicted molar refractivity (Wildman–Crippen MR) is 178 cm³/mol. The topological polar surface area (TPSA) is 22.2 Å². The van der Waals surface area contributed by atoms with E-state index in [-0.39, 0.29) is 14.1 Å². The summed E-state index contributed by atoms with van der Waals surface area (Å²) in [5.74, 6) is 0. The molecule has 0 unspecified atom stereocenters. The molecule has 0 spiro atoms. The third-order valence-corrected chi connectivity index (χ3v) is 9.32. The third kappa shape index (κ3) is 6.80. The van der Waals surface area contributed by atoms with Crippen LogP contribution in [-0.2, 0) is 30.8 Å². The number of hydrogen-bond acceptors (Lipinski definition) is 5. The van der Waals surface area contributed by atoms with E-state index in [2.05, 4.69) is 139 Å². The highest BCUT2D eigenvalue weighted by Crippen LogP contribution is 2.27. The number of rotatable bonds is 12. The predicted octanol–water partition coefficient (Wildman–Crippen LogP) is 5.48. The van der Waals surface area contributed by atoms with E-state index in [1.807, 2.05) is 0 Å². The largest absolute Gasteiger partial charge is 0.464 e. The van der Waals surface area contributed by atoms with E-state index in [1.165, 1.54) is 33.2 Å². The summed E-state index contributed by atoms with van der Waals surface area (Å²) in [7, 11) is -0.141. The van der Waals surface area contributed by atoms with Crippen LogP contribution in [0.15, 0.2) is 36.4 Å². The van der Waals surface area contributed by atoms with E-state index >= 15 is 0 Å². The van der Waals surface area contributed by atoms with Gasteiger partial charge in [0.2, 0.25) is 0 Å². The Bertz CT molecular complexity index is 1060. The molecule has 0 saturated heterocycles. The summed E-state index contributed by atoms with van der Waals surface area (Å²) in [6.45, 7) is 31.5. The van der Waals surface area contributed by atoms with Crippen LogP contribution in [0.25, 0.3) is 0 Å². The first-order chi connectivity index (χ1) is 19.3. The van der Waals surface area contributed by atoms with Crippen molar-refractivity contribution in [2.75, 3.05) is 0 Å². The molecule has 0 atom stereocenters. The Labute approximate surface area is 252 Å². The minimum atomic E-state index is -0.0704. The van der Waals surface area contributed by atoms with E-state index in [4.69, 9.17) is 4.57 Å². The van der Waals surface area contributed by atoms with Gasteiger partial charge in [0.05, 0.1) is 0 Å². The molecule has 0 radical (unpaired) electrons. The quantitative estimate of drug-likeness (QED) is 0.321. The van der Waals surface area contributed by atoms with Gasteiger partial charge in [0.1, 0.15) is 0 Å². The second kappa shape index (κ2) is 13.3. The molecule has 0 amide bonds. The van der Waals surface area contributed by atoms with Crippen LogP contribution in [0.3, 0.4) is 0 Å². The average Bonchev–Trinajstić information content (AvgIpc) is 3.45. The molecule has 2 heterocycles. The molecule has 2 aromatic carbocycles. The molecule has 0 aliphatic carbocycles. The molecular weight excluding hydrogens is 502 g/mol. The lowest BCUT2D eigenvalue weighted by atomic mass is 9.62. The van der Waals surface area contributed by atoms with Gasteiger partial charge in [-0.15, -0.1) is 0 Å². The first-order valence-corrected chi connectivity index (χ1v) is 16.2. The van der Waals surface area contributed by atoms with Crippen molar-refractivity contribution in [3.63, 3.8) is 0 Å². The van der Waals surface area contributed by atoms with Crippen molar-refractivity contribution in [2.45, 2.75) is 146 Å². The molecule has 5 nitrogen and oxygen atoms in total. The molecule has 4 rings (SSSR count). The number of nitrogens with zero attached hydrogens (tertiary/aromatic N) is 4.